The SMILES string of the molecule is CCOC(=O)c1ccc(NC(=S)N[C@@H]2CC(C)(C)Oc3ccccc32)cc1Cl. The van der Waals surface area contributed by atoms with Crippen LogP contribution in [0.5, 0.6) is 5.75 Å². The summed E-state index contributed by atoms with van der Waals surface area (Å²) in [6, 6.07) is 13.0. The van der Waals surface area contributed by atoms with Crippen molar-refractivity contribution in [3.05, 3.63) is 58.6 Å². The van der Waals surface area contributed by atoms with Crippen LogP contribution in [0.15, 0.2) is 42.5 Å². The zero-order chi connectivity index (χ0) is 20.3. The molecule has 0 saturated heterocycles. The van der Waals surface area contributed by atoms with Crippen LogP contribution in [-0.4, -0.2) is 23.3 Å². The molecule has 2 aromatic rings. The van der Waals surface area contributed by atoms with E-state index in [0.717, 1.165) is 17.7 Å². The summed E-state index contributed by atoms with van der Waals surface area (Å²) in [5.74, 6) is 0.418. The molecular formula is C21H23ClN2O3S. The van der Waals surface area contributed by atoms with Crippen LogP contribution in [0, 0.1) is 0 Å². The molecule has 28 heavy (non-hydrogen) atoms. The lowest BCUT2D eigenvalue weighted by atomic mass is 9.90. The smallest absolute Gasteiger partial charge is 0.339 e. The van der Waals surface area contributed by atoms with E-state index in [-0.39, 0.29) is 11.6 Å². The summed E-state index contributed by atoms with van der Waals surface area (Å²) < 4.78 is 11.0. The lowest BCUT2D eigenvalue weighted by molar-refractivity contribution is 0.0526. The molecule has 1 aliphatic heterocycles. The van der Waals surface area contributed by atoms with Crippen molar-refractivity contribution in [1.82, 2.24) is 5.32 Å². The number of thiocarbonyl (C=S) groups is 1. The first-order chi connectivity index (χ1) is 13.3. The number of ether oxygens (including phenoxy) is 2. The highest BCUT2D eigenvalue weighted by atomic mass is 35.5. The maximum atomic E-state index is 11.9. The molecule has 0 bridgehead atoms. The van der Waals surface area contributed by atoms with Crippen molar-refractivity contribution in [2.75, 3.05) is 11.9 Å². The first-order valence-electron chi connectivity index (χ1n) is 9.11. The van der Waals surface area contributed by atoms with Gasteiger partial charge in [-0.25, -0.2) is 4.79 Å². The summed E-state index contributed by atoms with van der Waals surface area (Å²) in [6.07, 6.45) is 0.772. The van der Waals surface area contributed by atoms with Crippen molar-refractivity contribution >= 4 is 40.6 Å². The fourth-order valence-electron chi connectivity index (χ4n) is 3.22. The van der Waals surface area contributed by atoms with Crippen LogP contribution in [0.25, 0.3) is 0 Å². The number of rotatable bonds is 4. The Bertz CT molecular complexity index is 901. The molecule has 0 spiro atoms. The van der Waals surface area contributed by atoms with Crippen molar-refractivity contribution < 1.29 is 14.3 Å². The van der Waals surface area contributed by atoms with Crippen LogP contribution in [0.4, 0.5) is 5.69 Å². The molecule has 2 N–H and O–H groups in total. The van der Waals surface area contributed by atoms with Crippen molar-refractivity contribution in [1.29, 1.82) is 0 Å². The van der Waals surface area contributed by atoms with Gasteiger partial charge in [0.25, 0.3) is 0 Å². The Morgan fingerprint density at radius 2 is 2.07 bits per heavy atom. The van der Waals surface area contributed by atoms with Crippen LogP contribution in [-0.2, 0) is 4.74 Å². The van der Waals surface area contributed by atoms with Crippen LogP contribution >= 0.6 is 23.8 Å². The van der Waals surface area contributed by atoms with Crippen molar-refractivity contribution in [3.63, 3.8) is 0 Å². The van der Waals surface area contributed by atoms with Gasteiger partial charge >= 0.3 is 5.97 Å². The van der Waals surface area contributed by atoms with E-state index in [1.165, 1.54) is 0 Å². The standard InChI is InChI=1S/C21H23ClN2O3S/c1-4-26-19(25)14-10-9-13(11-16(14)22)23-20(28)24-17-12-21(2,3)27-18-8-6-5-7-15(17)18/h5-11,17H,4,12H2,1-3H3,(H2,23,24,28)/t17-/m1/s1. The van der Waals surface area contributed by atoms with Crippen LogP contribution in [0.3, 0.4) is 0 Å². The number of hydrogen-bond donors (Lipinski definition) is 2. The number of para-hydroxylation sites is 1. The molecule has 0 aromatic heterocycles. The average Bonchev–Trinajstić information content (AvgIpc) is 2.61. The molecule has 3 rings (SSSR count). The Morgan fingerprint density at radius 1 is 1.32 bits per heavy atom. The van der Waals surface area contributed by atoms with Crippen LogP contribution < -0.4 is 15.4 Å². The Balaban J connectivity index is 1.71. The van der Waals surface area contributed by atoms with Gasteiger partial charge in [0.1, 0.15) is 11.4 Å². The molecule has 7 heteroatoms. The second-order valence-corrected chi connectivity index (χ2v) is 7.99. The fraction of sp³-hybridized carbons (Fsp3) is 0.333. The van der Waals surface area contributed by atoms with Gasteiger partial charge in [-0.15, -0.1) is 0 Å². The van der Waals surface area contributed by atoms with Crippen molar-refractivity contribution in [2.45, 2.75) is 38.8 Å². The summed E-state index contributed by atoms with van der Waals surface area (Å²) in [7, 11) is 0. The predicted molar refractivity (Wildman–Crippen MR) is 115 cm³/mol. The van der Waals surface area contributed by atoms with E-state index in [9.17, 15) is 4.79 Å². The highest BCUT2D eigenvalue weighted by molar-refractivity contribution is 7.80. The number of carbonyl (C=O) groups excluding carboxylic acids is 1. The Morgan fingerprint density at radius 3 is 2.79 bits per heavy atom. The Hall–Kier alpha value is -2.31. The first-order valence-corrected chi connectivity index (χ1v) is 9.90. The molecular weight excluding hydrogens is 396 g/mol. The average molecular weight is 419 g/mol. The highest BCUT2D eigenvalue weighted by Gasteiger charge is 2.33. The molecule has 0 unspecified atom stereocenters. The van der Waals surface area contributed by atoms with Gasteiger partial charge in [-0.05, 0) is 57.3 Å². The quantitative estimate of drug-likeness (QED) is 0.531. The van der Waals surface area contributed by atoms with E-state index < -0.39 is 5.97 Å². The normalized spacial score (nSPS) is 17.1. The molecule has 1 heterocycles. The second kappa shape index (κ2) is 8.37. The molecule has 1 aliphatic rings. The summed E-state index contributed by atoms with van der Waals surface area (Å²) in [6.45, 7) is 6.16. The fourth-order valence-corrected chi connectivity index (χ4v) is 3.74. The molecule has 2 aromatic carbocycles. The molecule has 0 radical (unpaired) electrons. The van der Waals surface area contributed by atoms with Crippen LogP contribution in [0.1, 0.15) is 49.2 Å². The molecule has 0 saturated carbocycles. The summed E-state index contributed by atoms with van der Waals surface area (Å²) >= 11 is 11.7. The number of carbonyl (C=O) groups is 1. The third-order valence-corrected chi connectivity index (χ3v) is 4.94. The van der Waals surface area contributed by atoms with Gasteiger partial charge in [-0.1, -0.05) is 29.8 Å². The third kappa shape index (κ3) is 4.75. The minimum atomic E-state index is -0.444. The largest absolute Gasteiger partial charge is 0.487 e. The van der Waals surface area contributed by atoms with Gasteiger partial charge in [0.05, 0.1) is 23.2 Å². The highest BCUT2D eigenvalue weighted by Crippen LogP contribution is 2.39. The van der Waals surface area contributed by atoms with Gasteiger partial charge in [-0.2, -0.15) is 0 Å². The van der Waals surface area contributed by atoms with Gasteiger partial charge in [0.2, 0.25) is 0 Å². The lowest BCUT2D eigenvalue weighted by Crippen LogP contribution is -2.42. The van der Waals surface area contributed by atoms with Gasteiger partial charge < -0.3 is 20.1 Å². The summed E-state index contributed by atoms with van der Waals surface area (Å²) in [5.41, 5.74) is 1.79. The predicted octanol–water partition coefficient (Wildman–Crippen LogP) is 5.11. The number of hydrogen-bond acceptors (Lipinski definition) is 4. The molecule has 148 valence electrons. The number of nitrogens with one attached hydrogen (secondary N) is 2. The number of esters is 1. The minimum absolute atomic E-state index is 0.0224. The zero-order valence-electron chi connectivity index (χ0n) is 16.0. The monoisotopic (exact) mass is 418 g/mol. The van der Waals surface area contributed by atoms with Gasteiger partial charge in [0, 0.05) is 17.7 Å². The molecule has 0 amide bonds. The van der Waals surface area contributed by atoms with E-state index >= 15 is 0 Å². The van der Waals surface area contributed by atoms with Crippen LogP contribution in [0.2, 0.25) is 5.02 Å². The maximum Gasteiger partial charge on any atom is 0.339 e. The number of fused-ring (bicyclic) bond motifs is 1. The third-order valence-electron chi connectivity index (χ3n) is 4.40. The van der Waals surface area contributed by atoms with E-state index in [4.69, 9.17) is 33.3 Å². The minimum Gasteiger partial charge on any atom is -0.487 e. The molecule has 0 fully saturated rings. The van der Waals surface area contributed by atoms with E-state index in [2.05, 4.69) is 24.5 Å². The molecule has 0 aliphatic carbocycles. The maximum absolute atomic E-state index is 11.9. The van der Waals surface area contributed by atoms with Gasteiger partial charge in [0.15, 0.2) is 5.11 Å². The number of anilines is 1. The van der Waals surface area contributed by atoms with E-state index in [1.54, 1.807) is 25.1 Å². The summed E-state index contributed by atoms with van der Waals surface area (Å²) in [5, 5.41) is 7.27. The number of halogens is 1. The van der Waals surface area contributed by atoms with E-state index in [0.29, 0.717) is 28.0 Å². The first kappa shape index (κ1) is 20.4. The lowest BCUT2D eigenvalue weighted by Gasteiger charge is -2.38. The zero-order valence-corrected chi connectivity index (χ0v) is 17.6. The Labute approximate surface area is 175 Å². The van der Waals surface area contributed by atoms with Crippen molar-refractivity contribution in [3.8, 4) is 5.75 Å². The molecule has 5 nitrogen and oxygen atoms in total. The summed E-state index contributed by atoms with van der Waals surface area (Å²) in [4.78, 5) is 11.9. The second-order valence-electron chi connectivity index (χ2n) is 7.17. The number of benzene rings is 2. The van der Waals surface area contributed by atoms with Gasteiger partial charge in [-0.3, -0.25) is 0 Å². The molecule has 1 atom stereocenters. The Kier molecular flexibility index (Phi) is 6.10. The topological polar surface area (TPSA) is 59.6 Å². The van der Waals surface area contributed by atoms with E-state index in [1.807, 2.05) is 24.3 Å². The van der Waals surface area contributed by atoms with Crippen molar-refractivity contribution in [2.24, 2.45) is 0 Å².